The Kier molecular flexibility index (Phi) is 5.99. The Balaban J connectivity index is 4.37. The second-order valence-electron chi connectivity index (χ2n) is 5.96. The molecule has 2 N–H and O–H groups in total. The number of alkyl carbamates (subject to hydrolysis) is 1. The molecule has 5 nitrogen and oxygen atoms in total. The summed E-state index contributed by atoms with van der Waals surface area (Å²) in [5, 5.41) is 11.4. The average Bonchev–Trinajstić information content (AvgIpc) is 2.06. The minimum Gasteiger partial charge on any atom is -0.480 e. The minimum absolute atomic E-state index is 0.0523. The van der Waals surface area contributed by atoms with Crippen LogP contribution >= 0.6 is 11.8 Å². The van der Waals surface area contributed by atoms with E-state index in [1.807, 2.05) is 20.8 Å². The summed E-state index contributed by atoms with van der Waals surface area (Å²) in [5.74, 6) is -0.754. The van der Waals surface area contributed by atoms with Crippen LogP contribution in [0.15, 0.2) is 0 Å². The number of carbonyl (C=O) groups excluding carboxylic acids is 1. The van der Waals surface area contributed by atoms with Gasteiger partial charge in [-0.05, 0) is 20.8 Å². The number of nitrogens with one attached hydrogen (secondary N) is 1. The molecule has 106 valence electrons. The summed E-state index contributed by atoms with van der Waals surface area (Å²) in [6.45, 7) is 11.2. The molecule has 0 aromatic rings. The molecule has 6 heteroatoms. The van der Waals surface area contributed by atoms with Crippen LogP contribution in [0.3, 0.4) is 0 Å². The van der Waals surface area contributed by atoms with Crippen LogP contribution in [0.5, 0.6) is 0 Å². The predicted octanol–water partition coefficient (Wildman–Crippen LogP) is 2.50. The molecular weight excluding hydrogens is 254 g/mol. The highest BCUT2D eigenvalue weighted by Crippen LogP contribution is 2.23. The van der Waals surface area contributed by atoms with Crippen molar-refractivity contribution < 1.29 is 19.4 Å². The van der Waals surface area contributed by atoms with Crippen LogP contribution in [-0.4, -0.2) is 39.3 Å². The first-order chi connectivity index (χ1) is 7.91. The monoisotopic (exact) mass is 277 g/mol. The van der Waals surface area contributed by atoms with E-state index >= 15 is 0 Å². The highest BCUT2D eigenvalue weighted by molar-refractivity contribution is 8.00. The van der Waals surface area contributed by atoms with E-state index in [2.05, 4.69) is 5.32 Å². The van der Waals surface area contributed by atoms with E-state index in [-0.39, 0.29) is 4.75 Å². The number of carboxylic acid groups (broad SMARTS) is 1. The van der Waals surface area contributed by atoms with Crippen LogP contribution in [0.2, 0.25) is 0 Å². The second-order valence-corrected chi connectivity index (χ2v) is 7.81. The number of carboxylic acids is 1. The SMILES string of the molecule is CC(C)(C)OC(=O)NC(CSC(C)(C)C)C(=O)O. The first kappa shape index (κ1) is 17.1. The lowest BCUT2D eigenvalue weighted by Gasteiger charge is -2.24. The molecule has 0 saturated carbocycles. The zero-order chi connectivity index (χ0) is 14.6. The molecule has 0 radical (unpaired) electrons. The number of thioether (sulfide) groups is 1. The Labute approximate surface area is 113 Å². The van der Waals surface area contributed by atoms with Crippen LogP contribution in [0.25, 0.3) is 0 Å². The number of amides is 1. The Bertz CT molecular complexity index is 304. The van der Waals surface area contributed by atoms with Gasteiger partial charge in [0.15, 0.2) is 0 Å². The highest BCUT2D eigenvalue weighted by Gasteiger charge is 2.25. The van der Waals surface area contributed by atoms with E-state index in [4.69, 9.17) is 9.84 Å². The third-order valence-electron chi connectivity index (χ3n) is 1.67. The number of hydrogen-bond acceptors (Lipinski definition) is 4. The van der Waals surface area contributed by atoms with Crippen LogP contribution in [0.4, 0.5) is 4.79 Å². The van der Waals surface area contributed by atoms with E-state index in [0.29, 0.717) is 5.75 Å². The number of carbonyl (C=O) groups is 2. The van der Waals surface area contributed by atoms with E-state index in [9.17, 15) is 9.59 Å². The van der Waals surface area contributed by atoms with Gasteiger partial charge < -0.3 is 15.2 Å². The Morgan fingerprint density at radius 1 is 1.22 bits per heavy atom. The quantitative estimate of drug-likeness (QED) is 0.825. The van der Waals surface area contributed by atoms with Gasteiger partial charge in [-0.15, -0.1) is 0 Å². The van der Waals surface area contributed by atoms with Crippen molar-refractivity contribution in [3.63, 3.8) is 0 Å². The molecule has 1 unspecified atom stereocenters. The Hall–Kier alpha value is -0.910. The zero-order valence-corrected chi connectivity index (χ0v) is 12.7. The first-order valence-electron chi connectivity index (χ1n) is 5.77. The summed E-state index contributed by atoms with van der Waals surface area (Å²) in [4.78, 5) is 22.5. The first-order valence-corrected chi connectivity index (χ1v) is 6.75. The molecule has 0 aliphatic rings. The van der Waals surface area contributed by atoms with Crippen molar-refractivity contribution in [2.45, 2.75) is 57.9 Å². The topological polar surface area (TPSA) is 75.6 Å². The van der Waals surface area contributed by atoms with Crippen LogP contribution < -0.4 is 5.32 Å². The summed E-state index contributed by atoms with van der Waals surface area (Å²) in [7, 11) is 0. The minimum atomic E-state index is -1.06. The third kappa shape index (κ3) is 9.15. The van der Waals surface area contributed by atoms with Gasteiger partial charge in [0, 0.05) is 10.5 Å². The van der Waals surface area contributed by atoms with Gasteiger partial charge in [0.25, 0.3) is 0 Å². The molecule has 0 bridgehead atoms. The summed E-state index contributed by atoms with van der Waals surface area (Å²) in [6, 6.07) is -0.941. The van der Waals surface area contributed by atoms with Gasteiger partial charge >= 0.3 is 12.1 Å². The molecule has 0 fully saturated rings. The van der Waals surface area contributed by atoms with Crippen LogP contribution in [-0.2, 0) is 9.53 Å². The normalized spacial score (nSPS) is 13.9. The van der Waals surface area contributed by atoms with Crippen molar-refractivity contribution in [3.8, 4) is 0 Å². The van der Waals surface area contributed by atoms with E-state index in [1.54, 1.807) is 20.8 Å². The van der Waals surface area contributed by atoms with Crippen molar-refractivity contribution in [3.05, 3.63) is 0 Å². The van der Waals surface area contributed by atoms with Gasteiger partial charge in [-0.2, -0.15) is 11.8 Å². The van der Waals surface area contributed by atoms with Gasteiger partial charge in [-0.3, -0.25) is 0 Å². The van der Waals surface area contributed by atoms with E-state index in [1.165, 1.54) is 11.8 Å². The fourth-order valence-corrected chi connectivity index (χ4v) is 1.85. The summed E-state index contributed by atoms with van der Waals surface area (Å²) in [5.41, 5.74) is -0.635. The lowest BCUT2D eigenvalue weighted by Crippen LogP contribution is -2.45. The fraction of sp³-hybridized carbons (Fsp3) is 0.833. The second kappa shape index (κ2) is 6.31. The standard InChI is InChI=1S/C12H23NO4S/c1-11(2,3)17-10(16)13-8(9(14)15)7-18-12(4,5)6/h8H,7H2,1-6H3,(H,13,16)(H,14,15). The van der Waals surface area contributed by atoms with Gasteiger partial charge in [0.2, 0.25) is 0 Å². The van der Waals surface area contributed by atoms with Crippen molar-refractivity contribution in [1.29, 1.82) is 0 Å². The van der Waals surface area contributed by atoms with E-state index in [0.717, 1.165) is 0 Å². The molecule has 0 saturated heterocycles. The van der Waals surface area contributed by atoms with Gasteiger partial charge in [0.05, 0.1) is 0 Å². The zero-order valence-electron chi connectivity index (χ0n) is 11.9. The molecule has 1 atom stereocenters. The molecule has 0 rings (SSSR count). The lowest BCUT2D eigenvalue weighted by molar-refractivity contribution is -0.138. The maximum Gasteiger partial charge on any atom is 0.408 e. The molecule has 0 spiro atoms. The third-order valence-corrected chi connectivity index (χ3v) is 3.04. The molecule has 0 aliphatic carbocycles. The Morgan fingerprint density at radius 2 is 1.72 bits per heavy atom. The molecule has 0 aromatic heterocycles. The predicted molar refractivity (Wildman–Crippen MR) is 73.0 cm³/mol. The molecular formula is C12H23NO4S. The molecule has 18 heavy (non-hydrogen) atoms. The summed E-state index contributed by atoms with van der Waals surface area (Å²) >= 11 is 1.48. The van der Waals surface area contributed by atoms with E-state index < -0.39 is 23.7 Å². The average molecular weight is 277 g/mol. The van der Waals surface area contributed by atoms with Gasteiger partial charge in [-0.25, -0.2) is 9.59 Å². The molecule has 0 aromatic carbocycles. The molecule has 0 aliphatic heterocycles. The lowest BCUT2D eigenvalue weighted by atomic mass is 10.2. The molecule has 0 heterocycles. The van der Waals surface area contributed by atoms with Crippen molar-refractivity contribution >= 4 is 23.8 Å². The maximum absolute atomic E-state index is 11.5. The number of aliphatic carboxylic acids is 1. The fourth-order valence-electron chi connectivity index (χ4n) is 0.958. The highest BCUT2D eigenvalue weighted by atomic mass is 32.2. The smallest absolute Gasteiger partial charge is 0.408 e. The number of hydrogen-bond donors (Lipinski definition) is 2. The van der Waals surface area contributed by atoms with Crippen LogP contribution in [0, 0.1) is 0 Å². The molecule has 1 amide bonds. The van der Waals surface area contributed by atoms with Gasteiger partial charge in [-0.1, -0.05) is 20.8 Å². The van der Waals surface area contributed by atoms with Crippen LogP contribution in [0.1, 0.15) is 41.5 Å². The van der Waals surface area contributed by atoms with Gasteiger partial charge in [0.1, 0.15) is 11.6 Å². The van der Waals surface area contributed by atoms with Crippen molar-refractivity contribution in [2.75, 3.05) is 5.75 Å². The maximum atomic E-state index is 11.5. The number of ether oxygens (including phenoxy) is 1. The van der Waals surface area contributed by atoms with Crippen molar-refractivity contribution in [2.24, 2.45) is 0 Å². The summed E-state index contributed by atoms with van der Waals surface area (Å²) < 4.78 is 4.98. The Morgan fingerprint density at radius 3 is 2.06 bits per heavy atom. The van der Waals surface area contributed by atoms with Crippen molar-refractivity contribution in [1.82, 2.24) is 5.32 Å². The number of rotatable bonds is 4. The largest absolute Gasteiger partial charge is 0.480 e. The summed E-state index contributed by atoms with van der Waals surface area (Å²) in [6.07, 6.45) is -0.704.